The second-order valence-electron chi connectivity index (χ2n) is 3.95. The van der Waals surface area contributed by atoms with Crippen molar-refractivity contribution in [2.75, 3.05) is 12.3 Å². The minimum absolute atomic E-state index is 0.279. The molecule has 0 aliphatic heterocycles. The second-order valence-corrected chi connectivity index (χ2v) is 3.95. The minimum atomic E-state index is -4.62. The Morgan fingerprint density at radius 2 is 1.71 bits per heavy atom. The maximum Gasteiger partial charge on any atom is 0.433 e. The molecule has 5 nitrogen and oxygen atoms in total. The van der Waals surface area contributed by atoms with Crippen LogP contribution in [0.15, 0.2) is 30.3 Å². The van der Waals surface area contributed by atoms with Gasteiger partial charge in [0.1, 0.15) is 11.5 Å². The number of nitrogens with two attached hydrogens (primary N) is 1. The van der Waals surface area contributed by atoms with E-state index in [1.807, 2.05) is 6.92 Å². The molecule has 1 aromatic heterocycles. The van der Waals surface area contributed by atoms with Crippen LogP contribution in [0.5, 0.6) is 17.4 Å². The Bertz CT molecular complexity index is 615. The Hall–Kier alpha value is -2.51. The second kappa shape index (κ2) is 5.86. The zero-order valence-electron chi connectivity index (χ0n) is 11.0. The fraction of sp³-hybridized carbons (Fsp3) is 0.231. The number of benzene rings is 1. The van der Waals surface area contributed by atoms with E-state index < -0.39 is 17.8 Å². The highest BCUT2D eigenvalue weighted by Gasteiger charge is 2.33. The number of alkyl halides is 3. The van der Waals surface area contributed by atoms with E-state index in [1.165, 1.54) is 0 Å². The smallest absolute Gasteiger partial charge is 0.433 e. The summed E-state index contributed by atoms with van der Waals surface area (Å²) in [5, 5.41) is 0. The standard InChI is InChI=1S/C13H12F3N3O2/c1-2-20-8-3-5-9(6-4-8)21-11-7-10(13(14,15)16)18-12(17)19-11/h3-7H,2H2,1H3,(H2,17,18,19). The first-order valence-electron chi connectivity index (χ1n) is 6.01. The predicted molar refractivity (Wildman–Crippen MR) is 69.1 cm³/mol. The Morgan fingerprint density at radius 1 is 1.10 bits per heavy atom. The Balaban J connectivity index is 2.21. The highest BCUT2D eigenvalue weighted by Crippen LogP contribution is 2.31. The zero-order valence-corrected chi connectivity index (χ0v) is 11.0. The number of nitrogens with zero attached hydrogens (tertiary/aromatic N) is 2. The maximum atomic E-state index is 12.6. The van der Waals surface area contributed by atoms with Crippen molar-refractivity contribution < 1.29 is 22.6 Å². The molecule has 8 heteroatoms. The molecule has 0 spiro atoms. The van der Waals surface area contributed by atoms with Gasteiger partial charge in [-0.3, -0.25) is 0 Å². The quantitative estimate of drug-likeness (QED) is 0.938. The fourth-order valence-corrected chi connectivity index (χ4v) is 1.53. The molecule has 2 N–H and O–H groups in total. The molecular weight excluding hydrogens is 287 g/mol. The number of hydrogen-bond donors (Lipinski definition) is 1. The predicted octanol–water partition coefficient (Wildman–Crippen LogP) is 3.27. The maximum absolute atomic E-state index is 12.6. The Morgan fingerprint density at radius 3 is 2.29 bits per heavy atom. The first kappa shape index (κ1) is 14.9. The lowest BCUT2D eigenvalue weighted by atomic mass is 10.3. The molecule has 0 fully saturated rings. The largest absolute Gasteiger partial charge is 0.494 e. The monoisotopic (exact) mass is 299 g/mol. The van der Waals surface area contributed by atoms with Crippen LogP contribution in [0.25, 0.3) is 0 Å². The van der Waals surface area contributed by atoms with Gasteiger partial charge in [-0.15, -0.1) is 0 Å². The van der Waals surface area contributed by atoms with Gasteiger partial charge in [0.05, 0.1) is 6.61 Å². The Kier molecular flexibility index (Phi) is 4.15. The topological polar surface area (TPSA) is 70.3 Å². The van der Waals surface area contributed by atoms with Crippen LogP contribution >= 0.6 is 0 Å². The third-order valence-electron chi connectivity index (χ3n) is 2.37. The van der Waals surface area contributed by atoms with Crippen LogP contribution < -0.4 is 15.2 Å². The summed E-state index contributed by atoms with van der Waals surface area (Å²) in [7, 11) is 0. The molecule has 0 atom stereocenters. The van der Waals surface area contributed by atoms with Gasteiger partial charge >= 0.3 is 6.18 Å². The van der Waals surface area contributed by atoms with Gasteiger partial charge in [-0.2, -0.15) is 18.2 Å². The van der Waals surface area contributed by atoms with Gasteiger partial charge < -0.3 is 15.2 Å². The van der Waals surface area contributed by atoms with Crippen LogP contribution in [0.2, 0.25) is 0 Å². The van der Waals surface area contributed by atoms with Gasteiger partial charge in [-0.25, -0.2) is 4.98 Å². The molecule has 0 saturated carbocycles. The van der Waals surface area contributed by atoms with E-state index in [4.69, 9.17) is 15.2 Å². The lowest BCUT2D eigenvalue weighted by Crippen LogP contribution is -2.11. The van der Waals surface area contributed by atoms with Crippen molar-refractivity contribution in [1.82, 2.24) is 9.97 Å². The van der Waals surface area contributed by atoms with Crippen molar-refractivity contribution in [3.05, 3.63) is 36.0 Å². The first-order valence-corrected chi connectivity index (χ1v) is 6.01. The normalized spacial score (nSPS) is 11.2. The summed E-state index contributed by atoms with van der Waals surface area (Å²) < 4.78 is 48.3. The third-order valence-corrected chi connectivity index (χ3v) is 2.37. The molecule has 0 radical (unpaired) electrons. The third kappa shape index (κ3) is 3.98. The summed E-state index contributed by atoms with van der Waals surface area (Å²) in [4.78, 5) is 6.74. The average molecular weight is 299 g/mol. The van der Waals surface area contributed by atoms with Gasteiger partial charge in [-0.05, 0) is 31.2 Å². The van der Waals surface area contributed by atoms with Crippen LogP contribution in [0.4, 0.5) is 19.1 Å². The van der Waals surface area contributed by atoms with Crippen molar-refractivity contribution in [3.63, 3.8) is 0 Å². The van der Waals surface area contributed by atoms with E-state index in [1.54, 1.807) is 24.3 Å². The van der Waals surface area contributed by atoms with Crippen molar-refractivity contribution >= 4 is 5.95 Å². The summed E-state index contributed by atoms with van der Waals surface area (Å²) in [6, 6.07) is 7.06. The molecule has 112 valence electrons. The molecule has 0 amide bonds. The van der Waals surface area contributed by atoms with E-state index in [0.717, 1.165) is 0 Å². The molecular formula is C13H12F3N3O2. The highest BCUT2D eigenvalue weighted by atomic mass is 19.4. The molecule has 0 aliphatic rings. The van der Waals surface area contributed by atoms with Crippen LogP contribution in [0, 0.1) is 0 Å². The van der Waals surface area contributed by atoms with Crippen molar-refractivity contribution in [3.8, 4) is 17.4 Å². The summed E-state index contributed by atoms with van der Waals surface area (Å²) in [6.07, 6.45) is -4.62. The summed E-state index contributed by atoms with van der Waals surface area (Å²) >= 11 is 0. The highest BCUT2D eigenvalue weighted by molar-refractivity contribution is 5.35. The molecule has 1 aromatic carbocycles. The van der Waals surface area contributed by atoms with E-state index in [2.05, 4.69) is 9.97 Å². The zero-order chi connectivity index (χ0) is 15.5. The number of aromatic nitrogens is 2. The van der Waals surface area contributed by atoms with Gasteiger partial charge in [0.25, 0.3) is 0 Å². The van der Waals surface area contributed by atoms with Gasteiger partial charge in [-0.1, -0.05) is 0 Å². The summed E-state index contributed by atoms with van der Waals surface area (Å²) in [5.41, 5.74) is 4.09. The van der Waals surface area contributed by atoms with E-state index in [9.17, 15) is 13.2 Å². The van der Waals surface area contributed by atoms with Crippen LogP contribution in [0.1, 0.15) is 12.6 Å². The van der Waals surface area contributed by atoms with Crippen LogP contribution in [-0.4, -0.2) is 16.6 Å². The molecule has 2 rings (SSSR count). The molecule has 0 unspecified atom stereocenters. The number of anilines is 1. The van der Waals surface area contributed by atoms with Crippen molar-refractivity contribution in [1.29, 1.82) is 0 Å². The number of rotatable bonds is 4. The SMILES string of the molecule is CCOc1ccc(Oc2cc(C(F)(F)F)nc(N)n2)cc1. The van der Waals surface area contributed by atoms with Gasteiger partial charge in [0.2, 0.25) is 11.8 Å². The summed E-state index contributed by atoms with van der Waals surface area (Å²) in [6.45, 7) is 2.35. The molecule has 1 heterocycles. The molecule has 0 saturated heterocycles. The average Bonchev–Trinajstić information content (AvgIpc) is 2.40. The van der Waals surface area contributed by atoms with Gasteiger partial charge in [0.15, 0.2) is 5.69 Å². The van der Waals surface area contributed by atoms with E-state index in [-0.39, 0.29) is 5.88 Å². The molecule has 0 aliphatic carbocycles. The van der Waals surface area contributed by atoms with Crippen molar-refractivity contribution in [2.24, 2.45) is 0 Å². The number of hydrogen-bond acceptors (Lipinski definition) is 5. The minimum Gasteiger partial charge on any atom is -0.494 e. The first-order chi connectivity index (χ1) is 9.88. The lowest BCUT2D eigenvalue weighted by molar-refractivity contribution is -0.141. The molecule has 21 heavy (non-hydrogen) atoms. The number of ether oxygens (including phenoxy) is 2. The number of halogens is 3. The molecule has 2 aromatic rings. The lowest BCUT2D eigenvalue weighted by Gasteiger charge is -2.10. The van der Waals surface area contributed by atoms with Crippen molar-refractivity contribution in [2.45, 2.75) is 13.1 Å². The van der Waals surface area contributed by atoms with Crippen LogP contribution in [-0.2, 0) is 6.18 Å². The van der Waals surface area contributed by atoms with Crippen LogP contribution in [0.3, 0.4) is 0 Å². The van der Waals surface area contributed by atoms with E-state index in [0.29, 0.717) is 24.2 Å². The van der Waals surface area contributed by atoms with E-state index >= 15 is 0 Å². The Labute approximate surface area is 118 Å². The number of nitrogen functional groups attached to an aromatic ring is 1. The molecule has 0 bridgehead atoms. The summed E-state index contributed by atoms with van der Waals surface area (Å²) in [5.74, 6) is 0.150. The van der Waals surface area contributed by atoms with Gasteiger partial charge in [0, 0.05) is 6.07 Å². The fourth-order valence-electron chi connectivity index (χ4n) is 1.53.